The first-order valence-corrected chi connectivity index (χ1v) is 7.22. The molecule has 0 atom stereocenters. The number of benzene rings is 1. The van der Waals surface area contributed by atoms with Gasteiger partial charge in [0.15, 0.2) is 5.65 Å². The summed E-state index contributed by atoms with van der Waals surface area (Å²) < 4.78 is 6.15. The van der Waals surface area contributed by atoms with Crippen LogP contribution in [0, 0.1) is 0 Å². The summed E-state index contributed by atoms with van der Waals surface area (Å²) in [4.78, 5) is 21.4. The summed E-state index contributed by atoms with van der Waals surface area (Å²) in [6.45, 7) is 1.04. The van der Waals surface area contributed by atoms with Gasteiger partial charge in [0.25, 0.3) is 5.91 Å². The fraction of sp³-hybridized carbons (Fsp3) is 0.267. The molecule has 0 fully saturated rings. The van der Waals surface area contributed by atoms with Gasteiger partial charge in [-0.05, 0) is 18.6 Å². The van der Waals surface area contributed by atoms with E-state index in [0.29, 0.717) is 41.8 Å². The highest BCUT2D eigenvalue weighted by atomic mass is 16.5. The largest absolute Gasteiger partial charge is 0.385 e. The molecule has 5 N–H and O–H groups in total. The van der Waals surface area contributed by atoms with E-state index in [2.05, 4.69) is 15.3 Å². The Balaban J connectivity index is 2.03. The molecule has 2 heterocycles. The van der Waals surface area contributed by atoms with E-state index in [4.69, 9.17) is 16.3 Å². The lowest BCUT2D eigenvalue weighted by molar-refractivity contribution is 0.0951. The molecule has 3 aromatic rings. The van der Waals surface area contributed by atoms with Crippen LogP contribution in [0.15, 0.2) is 24.3 Å². The first-order valence-electron chi connectivity index (χ1n) is 7.22. The minimum atomic E-state index is -0.322. The highest BCUT2D eigenvalue weighted by Crippen LogP contribution is 2.25. The highest BCUT2D eigenvalue weighted by molar-refractivity contribution is 6.10. The Bertz CT molecular complexity index is 873. The van der Waals surface area contributed by atoms with E-state index in [1.165, 1.54) is 4.68 Å². The maximum Gasteiger partial charge on any atom is 0.257 e. The van der Waals surface area contributed by atoms with Crippen LogP contribution in [0.2, 0.25) is 0 Å². The molecule has 0 saturated heterocycles. The number of carbonyl (C=O) groups is 1. The number of amides is 1. The lowest BCUT2D eigenvalue weighted by atomic mass is 10.2. The molecule has 0 spiro atoms. The normalized spacial score (nSPS) is 11.2. The van der Waals surface area contributed by atoms with Crippen LogP contribution in [-0.4, -0.2) is 40.8 Å². The number of ether oxygens (including phenoxy) is 1. The molecule has 8 nitrogen and oxygen atoms in total. The van der Waals surface area contributed by atoms with Crippen molar-refractivity contribution in [2.45, 2.75) is 6.42 Å². The van der Waals surface area contributed by atoms with Crippen LogP contribution in [0.1, 0.15) is 16.8 Å². The van der Waals surface area contributed by atoms with Crippen molar-refractivity contribution in [2.75, 3.05) is 31.8 Å². The molecule has 0 unspecified atom stereocenters. The molecule has 0 aliphatic carbocycles. The number of para-hydroxylation sites is 2. The Morgan fingerprint density at radius 2 is 2.00 bits per heavy atom. The first-order chi connectivity index (χ1) is 11.1. The number of aromatic nitrogens is 3. The molecular formula is C15H18N6O2. The molecule has 23 heavy (non-hydrogen) atoms. The van der Waals surface area contributed by atoms with Gasteiger partial charge in [-0.3, -0.25) is 4.79 Å². The maximum absolute atomic E-state index is 12.4. The summed E-state index contributed by atoms with van der Waals surface area (Å²) in [5.74, 6) is 5.75. The van der Waals surface area contributed by atoms with Crippen LogP contribution in [0.5, 0.6) is 0 Å². The van der Waals surface area contributed by atoms with E-state index in [0.717, 1.165) is 0 Å². The number of anilines is 1. The van der Waals surface area contributed by atoms with E-state index in [9.17, 15) is 4.79 Å². The molecule has 2 aromatic heterocycles. The number of hydrogen-bond donors (Lipinski definition) is 3. The summed E-state index contributed by atoms with van der Waals surface area (Å²) in [7, 11) is 1.61. The minimum absolute atomic E-state index is 0.138. The molecule has 0 saturated carbocycles. The Kier molecular flexibility index (Phi) is 3.98. The standard InChI is InChI=1S/C15H18N6O2/c1-23-8-4-7-18-15(22)11-12-14(21(17)13(11)16)20-10-6-3-2-5-9(10)19-12/h2-3,5-6H,4,7-8,16-17H2,1H3,(H,18,22). The zero-order valence-electron chi connectivity index (χ0n) is 12.7. The van der Waals surface area contributed by atoms with E-state index >= 15 is 0 Å². The molecule has 0 radical (unpaired) electrons. The van der Waals surface area contributed by atoms with Crippen LogP contribution in [0.4, 0.5) is 5.82 Å². The van der Waals surface area contributed by atoms with Gasteiger partial charge < -0.3 is 21.6 Å². The van der Waals surface area contributed by atoms with Crippen LogP contribution < -0.4 is 16.9 Å². The van der Waals surface area contributed by atoms with E-state index in [1.807, 2.05) is 24.3 Å². The molecular weight excluding hydrogens is 296 g/mol. The third-order valence-corrected chi connectivity index (χ3v) is 3.57. The molecule has 120 valence electrons. The number of carbonyl (C=O) groups excluding carboxylic acids is 1. The zero-order chi connectivity index (χ0) is 16.4. The highest BCUT2D eigenvalue weighted by Gasteiger charge is 2.22. The van der Waals surface area contributed by atoms with Gasteiger partial charge in [-0.15, -0.1) is 0 Å². The lowest BCUT2D eigenvalue weighted by Gasteiger charge is -2.04. The summed E-state index contributed by atoms with van der Waals surface area (Å²) in [5, 5.41) is 2.79. The number of hydrogen-bond acceptors (Lipinski definition) is 6. The summed E-state index contributed by atoms with van der Waals surface area (Å²) in [6.07, 6.45) is 0.706. The van der Waals surface area contributed by atoms with Crippen molar-refractivity contribution >= 4 is 33.9 Å². The van der Waals surface area contributed by atoms with Crippen molar-refractivity contribution in [3.63, 3.8) is 0 Å². The number of nitrogens with two attached hydrogens (primary N) is 2. The Morgan fingerprint density at radius 1 is 1.30 bits per heavy atom. The second kappa shape index (κ2) is 6.09. The molecule has 0 aliphatic heterocycles. The third kappa shape index (κ3) is 2.64. The summed E-state index contributed by atoms with van der Waals surface area (Å²) in [5.41, 5.74) is 8.37. The molecule has 1 amide bonds. The van der Waals surface area contributed by atoms with Gasteiger partial charge in [-0.25, -0.2) is 14.6 Å². The van der Waals surface area contributed by atoms with Crippen molar-refractivity contribution < 1.29 is 9.53 Å². The number of nitrogen functional groups attached to an aromatic ring is 2. The fourth-order valence-corrected chi connectivity index (χ4v) is 2.41. The van der Waals surface area contributed by atoms with Gasteiger partial charge in [0.1, 0.15) is 16.9 Å². The van der Waals surface area contributed by atoms with Crippen molar-refractivity contribution in [3.8, 4) is 0 Å². The number of rotatable bonds is 5. The first kappa shape index (κ1) is 15.0. The second-order valence-electron chi connectivity index (χ2n) is 5.12. The van der Waals surface area contributed by atoms with Gasteiger partial charge in [0, 0.05) is 20.3 Å². The number of nitrogens with zero attached hydrogens (tertiary/aromatic N) is 3. The fourth-order valence-electron chi connectivity index (χ4n) is 2.41. The number of nitrogens with one attached hydrogen (secondary N) is 1. The predicted molar refractivity (Wildman–Crippen MR) is 88.4 cm³/mol. The smallest absolute Gasteiger partial charge is 0.257 e. The maximum atomic E-state index is 12.4. The Labute approximate surface area is 132 Å². The minimum Gasteiger partial charge on any atom is -0.385 e. The van der Waals surface area contributed by atoms with Crippen molar-refractivity contribution in [3.05, 3.63) is 29.8 Å². The molecule has 3 rings (SSSR count). The molecule has 0 aliphatic rings. The summed E-state index contributed by atoms with van der Waals surface area (Å²) >= 11 is 0. The molecule has 8 heteroatoms. The molecule has 1 aromatic carbocycles. The van der Waals surface area contributed by atoms with Gasteiger partial charge in [-0.1, -0.05) is 12.1 Å². The SMILES string of the molecule is COCCCNC(=O)c1c(N)n(N)c2nc3ccccc3nc12. The van der Waals surface area contributed by atoms with Crippen molar-refractivity contribution in [1.29, 1.82) is 0 Å². The third-order valence-electron chi connectivity index (χ3n) is 3.57. The van der Waals surface area contributed by atoms with Crippen molar-refractivity contribution in [1.82, 2.24) is 20.0 Å². The van der Waals surface area contributed by atoms with Gasteiger partial charge >= 0.3 is 0 Å². The number of fused-ring (bicyclic) bond motifs is 2. The van der Waals surface area contributed by atoms with E-state index < -0.39 is 0 Å². The average Bonchev–Trinajstić information content (AvgIpc) is 2.80. The zero-order valence-corrected chi connectivity index (χ0v) is 12.7. The van der Waals surface area contributed by atoms with E-state index in [1.54, 1.807) is 7.11 Å². The monoisotopic (exact) mass is 314 g/mol. The quantitative estimate of drug-likeness (QED) is 0.469. The van der Waals surface area contributed by atoms with Gasteiger partial charge in [-0.2, -0.15) is 0 Å². The average molecular weight is 314 g/mol. The van der Waals surface area contributed by atoms with Gasteiger partial charge in [0.05, 0.1) is 11.0 Å². The topological polar surface area (TPSA) is 121 Å². The Hall–Kier alpha value is -2.87. The Morgan fingerprint density at radius 3 is 2.70 bits per heavy atom. The van der Waals surface area contributed by atoms with Crippen molar-refractivity contribution in [2.24, 2.45) is 0 Å². The molecule has 0 bridgehead atoms. The van der Waals surface area contributed by atoms with Crippen LogP contribution in [-0.2, 0) is 4.74 Å². The number of methoxy groups -OCH3 is 1. The van der Waals surface area contributed by atoms with Crippen LogP contribution in [0.3, 0.4) is 0 Å². The summed E-state index contributed by atoms with van der Waals surface area (Å²) in [6, 6.07) is 7.37. The van der Waals surface area contributed by atoms with Gasteiger partial charge in [0.2, 0.25) is 0 Å². The second-order valence-corrected chi connectivity index (χ2v) is 5.12. The van der Waals surface area contributed by atoms with E-state index in [-0.39, 0.29) is 17.3 Å². The lowest BCUT2D eigenvalue weighted by Crippen LogP contribution is -2.26. The predicted octanol–water partition coefficient (Wildman–Crippen LogP) is 0.647. The van der Waals surface area contributed by atoms with Crippen LogP contribution >= 0.6 is 0 Å². The van der Waals surface area contributed by atoms with Crippen LogP contribution in [0.25, 0.3) is 22.2 Å².